The number of anilines is 2. The normalized spacial score (nSPS) is 19.8. The summed E-state index contributed by atoms with van der Waals surface area (Å²) >= 11 is 0. The molecule has 2 aromatic heterocycles. The van der Waals surface area contributed by atoms with Crippen LogP contribution >= 0.6 is 0 Å². The minimum absolute atomic E-state index is 0.0126. The van der Waals surface area contributed by atoms with Gasteiger partial charge in [-0.3, -0.25) is 15.0 Å². The maximum absolute atomic E-state index is 12.2. The number of esters is 1. The largest absolute Gasteiger partial charge is 0.457 e. The van der Waals surface area contributed by atoms with Gasteiger partial charge in [0.25, 0.3) is 0 Å². The zero-order valence-electron chi connectivity index (χ0n) is 17.8. The summed E-state index contributed by atoms with van der Waals surface area (Å²) in [6.07, 6.45) is 2.94. The lowest BCUT2D eigenvalue weighted by molar-refractivity contribution is -0.141. The van der Waals surface area contributed by atoms with Crippen molar-refractivity contribution >= 4 is 27.2 Å². The van der Waals surface area contributed by atoms with Crippen LogP contribution in [0, 0.1) is 0 Å². The van der Waals surface area contributed by atoms with E-state index in [1.54, 1.807) is 31.3 Å². The lowest BCUT2D eigenvalue weighted by atomic mass is 9.94. The zero-order valence-corrected chi connectivity index (χ0v) is 18.6. The Morgan fingerprint density at radius 1 is 1.21 bits per heavy atom. The van der Waals surface area contributed by atoms with Crippen molar-refractivity contribution in [2.45, 2.75) is 37.1 Å². The van der Waals surface area contributed by atoms with Crippen LogP contribution in [0.2, 0.25) is 0 Å². The number of benzene rings is 1. The van der Waals surface area contributed by atoms with Crippen LogP contribution in [0.3, 0.4) is 0 Å². The third-order valence-corrected chi connectivity index (χ3v) is 7.54. The molecular formula is C23H22N4O5S. The van der Waals surface area contributed by atoms with Crippen molar-refractivity contribution in [2.24, 2.45) is 0 Å². The molecule has 1 fully saturated rings. The van der Waals surface area contributed by atoms with Crippen molar-refractivity contribution in [3.05, 3.63) is 66.1 Å². The van der Waals surface area contributed by atoms with Gasteiger partial charge >= 0.3 is 5.97 Å². The summed E-state index contributed by atoms with van der Waals surface area (Å²) in [5.74, 6) is -0.314. The summed E-state index contributed by atoms with van der Waals surface area (Å²) in [5, 5.41) is 15.3. The predicted octanol–water partition coefficient (Wildman–Crippen LogP) is 3.64. The topological polar surface area (TPSA) is 122 Å². The molecule has 2 N–H and O–H groups in total. The number of cyclic esters (lactones) is 1. The van der Waals surface area contributed by atoms with E-state index in [0.29, 0.717) is 35.5 Å². The Labute approximate surface area is 190 Å². The van der Waals surface area contributed by atoms with Gasteiger partial charge in [-0.1, -0.05) is 13.0 Å². The smallest absolute Gasteiger partial charge is 0.306 e. The Bertz CT molecular complexity index is 1310. The number of hydrogen-bond acceptors (Lipinski definition) is 9. The van der Waals surface area contributed by atoms with Crippen LogP contribution in [0.5, 0.6) is 0 Å². The zero-order chi connectivity index (χ0) is 23.2. The third-order valence-electron chi connectivity index (χ3n) is 5.90. The number of sulfone groups is 1. The highest BCUT2D eigenvalue weighted by molar-refractivity contribution is 7.91. The van der Waals surface area contributed by atoms with Crippen LogP contribution in [-0.2, 0) is 19.4 Å². The Morgan fingerprint density at radius 2 is 2.06 bits per heavy atom. The van der Waals surface area contributed by atoms with E-state index in [1.807, 2.05) is 18.2 Å². The molecule has 0 amide bonds. The number of carbonyl (C=O) groups excluding carboxylic acids is 1. The van der Waals surface area contributed by atoms with Crippen LogP contribution in [0.4, 0.5) is 11.4 Å². The van der Waals surface area contributed by atoms with Gasteiger partial charge in [0.1, 0.15) is 6.10 Å². The maximum Gasteiger partial charge on any atom is 0.306 e. The third kappa shape index (κ3) is 3.81. The molecule has 1 saturated heterocycles. The molecule has 2 aliphatic heterocycles. The first-order valence-corrected chi connectivity index (χ1v) is 12.2. The number of rotatable bonds is 5. The van der Waals surface area contributed by atoms with Crippen molar-refractivity contribution in [3.63, 3.8) is 0 Å². The van der Waals surface area contributed by atoms with Gasteiger partial charge in [-0.15, -0.1) is 0 Å². The van der Waals surface area contributed by atoms with Gasteiger partial charge in [0, 0.05) is 29.9 Å². The molecule has 9 nitrogen and oxygen atoms in total. The molecule has 3 aromatic rings. The predicted molar refractivity (Wildman–Crippen MR) is 120 cm³/mol. The number of hydrogen-bond donors (Lipinski definition) is 2. The number of nitrogens with one attached hydrogen (secondary N) is 1. The Balaban J connectivity index is 1.59. The maximum atomic E-state index is 12.2. The summed E-state index contributed by atoms with van der Waals surface area (Å²) in [4.78, 5) is 20.3. The monoisotopic (exact) mass is 466 g/mol. The first-order chi connectivity index (χ1) is 15.9. The second kappa shape index (κ2) is 8.13. The van der Waals surface area contributed by atoms with Crippen molar-refractivity contribution in [3.8, 4) is 11.1 Å². The molecule has 170 valence electrons. The molecule has 0 saturated carbocycles. The molecule has 5 rings (SSSR count). The van der Waals surface area contributed by atoms with Crippen molar-refractivity contribution in [1.82, 2.24) is 9.97 Å². The number of hydroxylamine groups is 1. The van der Waals surface area contributed by atoms with Gasteiger partial charge < -0.3 is 10.1 Å². The standard InChI is InChI=1S/C23H22N4O5S/c1-2-33(30,31)21-8-6-14(13-25-21)15-11-18-19(12-16(15)20-7-9-22(28)32-20)27(29)23(26-18)17-5-3-4-10-24-17/h3-6,8,10-13,20,23,26,29H,2,7,9H2,1H3. The fourth-order valence-corrected chi connectivity index (χ4v) is 4.91. The van der Waals surface area contributed by atoms with Crippen molar-refractivity contribution in [2.75, 3.05) is 16.1 Å². The first-order valence-electron chi connectivity index (χ1n) is 10.6. The number of pyridine rings is 2. The fourth-order valence-electron chi connectivity index (χ4n) is 4.13. The number of ether oxygens (including phenoxy) is 1. The molecule has 1 aromatic carbocycles. The molecule has 0 spiro atoms. The second-order valence-corrected chi connectivity index (χ2v) is 10.1. The summed E-state index contributed by atoms with van der Waals surface area (Å²) in [6, 6.07) is 12.3. The van der Waals surface area contributed by atoms with E-state index in [4.69, 9.17) is 4.74 Å². The number of nitrogens with zero attached hydrogens (tertiary/aromatic N) is 3. The Hall–Kier alpha value is -3.50. The molecule has 0 aliphatic carbocycles. The van der Waals surface area contributed by atoms with Gasteiger partial charge in [0.05, 0.1) is 22.8 Å². The summed E-state index contributed by atoms with van der Waals surface area (Å²) in [6.45, 7) is 1.57. The summed E-state index contributed by atoms with van der Waals surface area (Å²) in [5.41, 5.74) is 3.98. The molecule has 33 heavy (non-hydrogen) atoms. The molecule has 0 bridgehead atoms. The molecule has 2 unspecified atom stereocenters. The van der Waals surface area contributed by atoms with E-state index >= 15 is 0 Å². The van der Waals surface area contributed by atoms with E-state index in [2.05, 4.69) is 15.3 Å². The summed E-state index contributed by atoms with van der Waals surface area (Å²) in [7, 11) is -3.42. The minimum atomic E-state index is -3.42. The first kappa shape index (κ1) is 21.4. The number of fused-ring (bicyclic) bond motifs is 1. The quantitative estimate of drug-likeness (QED) is 0.543. The van der Waals surface area contributed by atoms with Gasteiger partial charge in [-0.25, -0.2) is 18.5 Å². The van der Waals surface area contributed by atoms with E-state index in [1.165, 1.54) is 12.3 Å². The van der Waals surface area contributed by atoms with Gasteiger partial charge in [0.2, 0.25) is 0 Å². The minimum Gasteiger partial charge on any atom is -0.457 e. The molecule has 10 heteroatoms. The highest BCUT2D eigenvalue weighted by Gasteiger charge is 2.34. The van der Waals surface area contributed by atoms with Crippen LogP contribution in [-0.4, -0.2) is 35.3 Å². The molecular weight excluding hydrogens is 444 g/mol. The number of carbonyl (C=O) groups is 1. The lowest BCUT2D eigenvalue weighted by Crippen LogP contribution is -2.25. The van der Waals surface area contributed by atoms with Crippen molar-refractivity contribution < 1.29 is 23.2 Å². The highest BCUT2D eigenvalue weighted by Crippen LogP contribution is 2.46. The number of aromatic nitrogens is 2. The Kier molecular flexibility index (Phi) is 5.26. The van der Waals surface area contributed by atoms with Crippen LogP contribution < -0.4 is 10.4 Å². The van der Waals surface area contributed by atoms with Gasteiger partial charge in [-0.05, 0) is 48.4 Å². The van der Waals surface area contributed by atoms with Crippen LogP contribution in [0.25, 0.3) is 11.1 Å². The lowest BCUT2D eigenvalue weighted by Gasteiger charge is -2.20. The van der Waals surface area contributed by atoms with E-state index in [0.717, 1.165) is 16.2 Å². The molecule has 2 atom stereocenters. The van der Waals surface area contributed by atoms with Crippen LogP contribution in [0.1, 0.15) is 43.3 Å². The Morgan fingerprint density at radius 3 is 2.70 bits per heavy atom. The highest BCUT2D eigenvalue weighted by atomic mass is 32.2. The van der Waals surface area contributed by atoms with Gasteiger partial charge in [0.15, 0.2) is 21.0 Å². The second-order valence-electron chi connectivity index (χ2n) is 7.91. The average Bonchev–Trinajstić information content (AvgIpc) is 3.41. The van der Waals surface area contributed by atoms with E-state index < -0.39 is 22.1 Å². The molecule has 0 radical (unpaired) electrons. The summed E-state index contributed by atoms with van der Waals surface area (Å²) < 4.78 is 29.8. The van der Waals surface area contributed by atoms with Crippen LogP contribution in [0.15, 0.2) is 59.9 Å². The van der Waals surface area contributed by atoms with Gasteiger partial charge in [-0.2, -0.15) is 0 Å². The van der Waals surface area contributed by atoms with Crippen molar-refractivity contribution in [1.29, 1.82) is 0 Å². The van der Waals surface area contributed by atoms with E-state index in [-0.39, 0.29) is 16.7 Å². The molecule has 4 heterocycles. The van der Waals surface area contributed by atoms with E-state index in [9.17, 15) is 18.4 Å². The molecule has 2 aliphatic rings. The SMILES string of the molecule is CCS(=O)(=O)c1ccc(-c2cc3c(cc2C2CCC(=O)O2)N(O)C(c2ccccn2)N3)cn1. The fraction of sp³-hybridized carbons (Fsp3) is 0.261. The average molecular weight is 467 g/mol.